The number of anilines is 1. The highest BCUT2D eigenvalue weighted by molar-refractivity contribution is 6.56. The van der Waals surface area contributed by atoms with Crippen molar-refractivity contribution in [2.24, 2.45) is 0 Å². The Hall–Kier alpha value is -1.32. The number of hydrogen-bond acceptors (Lipinski definition) is 2. The lowest BCUT2D eigenvalue weighted by Crippen LogP contribution is -2.35. The number of aromatic nitrogens is 2. The van der Waals surface area contributed by atoms with Crippen LogP contribution >= 0.6 is 0 Å². The number of nitrogen functional groups attached to an aromatic ring is 1. The van der Waals surface area contributed by atoms with E-state index >= 15 is 0 Å². The summed E-state index contributed by atoms with van der Waals surface area (Å²) in [5, 5.41) is 5.60. The Morgan fingerprint density at radius 3 is 2.64 bits per heavy atom. The number of fused-ring (bicyclic) bond motifs is 1. The summed E-state index contributed by atoms with van der Waals surface area (Å²) in [5.74, 6) is 0. The highest BCUT2D eigenvalue weighted by atomic mass is 15.3. The van der Waals surface area contributed by atoms with Gasteiger partial charge >= 0.3 is 0 Å². The Morgan fingerprint density at radius 2 is 2.00 bits per heavy atom. The predicted molar refractivity (Wildman–Crippen MR) is 67.8 cm³/mol. The quantitative estimate of drug-likeness (QED) is 0.413. The molecule has 0 saturated carbocycles. The standard InChI is InChI=1S/C8H12B3N3/c9-8(10,11)14-4-5-3-6(12)1-2-7(5)13-14/h1-4H,9-12H2. The Bertz CT molecular complexity index is 472. The van der Waals surface area contributed by atoms with Crippen LogP contribution in [0.4, 0.5) is 5.69 Å². The summed E-state index contributed by atoms with van der Waals surface area (Å²) in [7, 11) is 6.38. The van der Waals surface area contributed by atoms with Gasteiger partial charge < -0.3 is 5.73 Å². The van der Waals surface area contributed by atoms with Crippen LogP contribution in [0.5, 0.6) is 0 Å². The van der Waals surface area contributed by atoms with Crippen molar-refractivity contribution in [2.75, 3.05) is 5.73 Å². The van der Waals surface area contributed by atoms with Crippen LogP contribution in [0, 0.1) is 0 Å². The highest BCUT2D eigenvalue weighted by Crippen LogP contribution is 2.17. The van der Waals surface area contributed by atoms with E-state index in [1.807, 2.05) is 29.1 Å². The number of nitrogens with two attached hydrogens (primary N) is 1. The van der Waals surface area contributed by atoms with Gasteiger partial charge in [0.15, 0.2) is 0 Å². The summed E-state index contributed by atoms with van der Waals surface area (Å²) in [6, 6.07) is 5.78. The van der Waals surface area contributed by atoms with Gasteiger partial charge in [-0.1, -0.05) is 0 Å². The molecule has 0 saturated heterocycles. The van der Waals surface area contributed by atoms with Gasteiger partial charge in [-0.25, -0.2) is 0 Å². The van der Waals surface area contributed by atoms with E-state index in [-0.39, 0.29) is 5.24 Å². The minimum Gasteiger partial charge on any atom is -0.399 e. The minimum absolute atomic E-state index is 0.0216. The van der Waals surface area contributed by atoms with E-state index in [2.05, 4.69) is 28.6 Å². The third-order valence-corrected chi connectivity index (χ3v) is 2.22. The Kier molecular flexibility index (Phi) is 1.87. The number of nitrogens with zero attached hydrogens (tertiary/aromatic N) is 2. The molecule has 0 aliphatic heterocycles. The molecule has 0 aliphatic carbocycles. The smallest absolute Gasteiger partial charge is 0.116 e. The molecule has 0 bridgehead atoms. The Labute approximate surface area is 85.9 Å². The molecule has 6 heteroatoms. The molecule has 68 valence electrons. The molecule has 0 unspecified atom stereocenters. The molecule has 3 nitrogen and oxygen atoms in total. The van der Waals surface area contributed by atoms with Gasteiger partial charge in [0.1, 0.15) is 23.5 Å². The molecular weight excluding hydrogens is 171 g/mol. The molecule has 0 fully saturated rings. The lowest BCUT2D eigenvalue weighted by Gasteiger charge is -2.18. The summed E-state index contributed by atoms with van der Waals surface area (Å²) >= 11 is 0. The van der Waals surface area contributed by atoms with Crippen LogP contribution in [-0.4, -0.2) is 33.3 Å². The fourth-order valence-corrected chi connectivity index (χ4v) is 1.39. The van der Waals surface area contributed by atoms with Crippen LogP contribution in [0.25, 0.3) is 10.9 Å². The summed E-state index contributed by atoms with van der Waals surface area (Å²) in [6.07, 6.45) is 2.03. The van der Waals surface area contributed by atoms with E-state index in [9.17, 15) is 0 Å². The average molecular weight is 183 g/mol. The van der Waals surface area contributed by atoms with E-state index in [0.29, 0.717) is 0 Å². The van der Waals surface area contributed by atoms with E-state index in [1.54, 1.807) is 0 Å². The molecule has 14 heavy (non-hydrogen) atoms. The summed E-state index contributed by atoms with van der Waals surface area (Å²) in [6.45, 7) is 0. The van der Waals surface area contributed by atoms with Crippen molar-refractivity contribution in [1.82, 2.24) is 9.78 Å². The first-order valence-electron chi connectivity index (χ1n) is 4.72. The van der Waals surface area contributed by atoms with Gasteiger partial charge in [-0.15, -0.1) is 0 Å². The van der Waals surface area contributed by atoms with Gasteiger partial charge in [0, 0.05) is 17.3 Å². The first kappa shape index (κ1) is 9.25. The van der Waals surface area contributed by atoms with Crippen molar-refractivity contribution in [3.8, 4) is 0 Å². The van der Waals surface area contributed by atoms with Crippen molar-refractivity contribution in [3.05, 3.63) is 24.4 Å². The monoisotopic (exact) mass is 183 g/mol. The maximum absolute atomic E-state index is 5.71. The predicted octanol–water partition coefficient (Wildman–Crippen LogP) is -1.91. The number of benzene rings is 1. The fourth-order valence-electron chi connectivity index (χ4n) is 1.39. The highest BCUT2D eigenvalue weighted by Gasteiger charge is 2.14. The second-order valence-corrected chi connectivity index (χ2v) is 4.56. The van der Waals surface area contributed by atoms with Gasteiger partial charge in [0.05, 0.1) is 5.52 Å². The molecule has 0 aliphatic rings. The van der Waals surface area contributed by atoms with Crippen LogP contribution < -0.4 is 5.73 Å². The zero-order valence-electron chi connectivity index (χ0n) is 8.78. The maximum Gasteiger partial charge on any atom is 0.116 e. The van der Waals surface area contributed by atoms with Crippen molar-refractivity contribution in [3.63, 3.8) is 0 Å². The summed E-state index contributed by atoms with van der Waals surface area (Å²) in [4.78, 5) is 0. The van der Waals surface area contributed by atoms with E-state index in [0.717, 1.165) is 16.6 Å². The zero-order valence-corrected chi connectivity index (χ0v) is 8.78. The molecule has 1 aromatic carbocycles. The second kappa shape index (κ2) is 2.84. The normalized spacial score (nSPS) is 12.0. The molecule has 2 N–H and O–H groups in total. The van der Waals surface area contributed by atoms with Gasteiger partial charge in [0.2, 0.25) is 0 Å². The lowest BCUT2D eigenvalue weighted by atomic mass is 9.49. The first-order chi connectivity index (χ1) is 6.47. The van der Waals surface area contributed by atoms with Crippen LogP contribution in [0.2, 0.25) is 0 Å². The third-order valence-electron chi connectivity index (χ3n) is 2.22. The topological polar surface area (TPSA) is 43.8 Å². The Balaban J connectivity index is 2.63. The van der Waals surface area contributed by atoms with Crippen LogP contribution in [0.3, 0.4) is 0 Å². The average Bonchev–Trinajstić information content (AvgIpc) is 2.45. The maximum atomic E-state index is 5.71. The number of rotatable bonds is 1. The molecule has 2 rings (SSSR count). The molecule has 2 aromatic rings. The zero-order chi connectivity index (χ0) is 10.3. The molecule has 0 atom stereocenters. The van der Waals surface area contributed by atoms with E-state index < -0.39 is 0 Å². The van der Waals surface area contributed by atoms with E-state index in [4.69, 9.17) is 5.73 Å². The van der Waals surface area contributed by atoms with Crippen LogP contribution in [0.15, 0.2) is 24.4 Å². The van der Waals surface area contributed by atoms with Crippen LogP contribution in [-0.2, 0) is 5.24 Å². The molecule has 1 heterocycles. The third kappa shape index (κ3) is 1.52. The van der Waals surface area contributed by atoms with Gasteiger partial charge in [0.25, 0.3) is 0 Å². The van der Waals surface area contributed by atoms with Crippen molar-refractivity contribution in [2.45, 2.75) is 5.24 Å². The lowest BCUT2D eigenvalue weighted by molar-refractivity contribution is 0.680. The van der Waals surface area contributed by atoms with Gasteiger partial charge in [-0.05, 0) is 23.4 Å². The Morgan fingerprint density at radius 1 is 1.29 bits per heavy atom. The van der Waals surface area contributed by atoms with Crippen LogP contribution in [0.1, 0.15) is 0 Å². The van der Waals surface area contributed by atoms with Crippen molar-refractivity contribution < 1.29 is 0 Å². The first-order valence-corrected chi connectivity index (χ1v) is 4.72. The van der Waals surface area contributed by atoms with Gasteiger partial charge in [-0.3, -0.25) is 4.68 Å². The van der Waals surface area contributed by atoms with E-state index in [1.165, 1.54) is 0 Å². The number of hydrogen-bond donors (Lipinski definition) is 1. The fraction of sp³-hybridized carbons (Fsp3) is 0.125. The second-order valence-electron chi connectivity index (χ2n) is 4.56. The minimum atomic E-state index is 0.0216. The molecular formula is C8H12B3N3. The molecule has 0 radical (unpaired) electrons. The summed E-state index contributed by atoms with van der Waals surface area (Å²) in [5.41, 5.74) is 7.48. The molecule has 0 spiro atoms. The molecule has 1 aromatic heterocycles. The molecule has 0 amide bonds. The van der Waals surface area contributed by atoms with Crippen molar-refractivity contribution >= 4 is 40.1 Å². The van der Waals surface area contributed by atoms with Gasteiger partial charge in [-0.2, -0.15) is 5.10 Å². The SMILES string of the molecule is BC(B)(B)n1cc2cc(N)ccc2n1. The largest absolute Gasteiger partial charge is 0.399 e. The van der Waals surface area contributed by atoms with Crippen molar-refractivity contribution in [1.29, 1.82) is 0 Å². The summed E-state index contributed by atoms with van der Waals surface area (Å²) < 4.78 is 1.97.